The molecule has 2 nitrogen and oxygen atoms in total. The van der Waals surface area contributed by atoms with Crippen LogP contribution in [-0.4, -0.2) is 17.7 Å². The summed E-state index contributed by atoms with van der Waals surface area (Å²) in [6.45, 7) is 1.72. The summed E-state index contributed by atoms with van der Waals surface area (Å²) in [5, 5.41) is 0. The first-order valence-corrected chi connectivity index (χ1v) is 5.56. The molecule has 0 saturated carbocycles. The lowest BCUT2D eigenvalue weighted by molar-refractivity contribution is -0.174. The maximum atomic E-state index is 12.4. The van der Waals surface area contributed by atoms with E-state index >= 15 is 0 Å². The first-order valence-electron chi connectivity index (χ1n) is 5.56. The molecule has 0 fully saturated rings. The molecule has 5 heteroatoms. The lowest BCUT2D eigenvalue weighted by Crippen LogP contribution is -2.38. The van der Waals surface area contributed by atoms with Gasteiger partial charge in [0.2, 0.25) is 5.78 Å². The Kier molecular flexibility index (Phi) is 3.00. The third-order valence-corrected chi connectivity index (χ3v) is 3.26. The molecule has 0 N–H and O–H groups in total. The summed E-state index contributed by atoms with van der Waals surface area (Å²) in [4.78, 5) is 23.2. The van der Waals surface area contributed by atoms with Crippen molar-refractivity contribution in [1.82, 2.24) is 0 Å². The van der Waals surface area contributed by atoms with Gasteiger partial charge in [0.15, 0.2) is 5.78 Å². The van der Waals surface area contributed by atoms with Gasteiger partial charge in [-0.25, -0.2) is 0 Å². The van der Waals surface area contributed by atoms with Crippen molar-refractivity contribution >= 4 is 11.6 Å². The molecule has 18 heavy (non-hydrogen) atoms. The number of hydrogen-bond donors (Lipinski definition) is 0. The lowest BCUT2D eigenvalue weighted by Gasteiger charge is -2.27. The minimum Gasteiger partial charge on any atom is -0.293 e. The average molecular weight is 256 g/mol. The van der Waals surface area contributed by atoms with Crippen LogP contribution < -0.4 is 0 Å². The third-order valence-electron chi connectivity index (χ3n) is 3.26. The van der Waals surface area contributed by atoms with Crippen LogP contribution in [-0.2, 0) is 4.79 Å². The number of alkyl halides is 3. The molecule has 2 rings (SSSR count). The molecule has 0 amide bonds. The van der Waals surface area contributed by atoms with E-state index < -0.39 is 23.7 Å². The number of Topliss-reactive ketones (excluding diaryl/α,β-unsaturated/α-hetero) is 2. The van der Waals surface area contributed by atoms with Crippen LogP contribution >= 0.6 is 0 Å². The molecule has 0 spiro atoms. The number of carbonyl (C=O) groups excluding carboxylic acids is 2. The van der Waals surface area contributed by atoms with E-state index in [-0.39, 0.29) is 17.9 Å². The van der Waals surface area contributed by atoms with Gasteiger partial charge < -0.3 is 0 Å². The van der Waals surface area contributed by atoms with Gasteiger partial charge in [0.25, 0.3) is 0 Å². The van der Waals surface area contributed by atoms with E-state index in [0.29, 0.717) is 5.56 Å². The second kappa shape index (κ2) is 4.23. The van der Waals surface area contributed by atoms with Gasteiger partial charge in [-0.15, -0.1) is 0 Å². The molecule has 0 aliphatic heterocycles. The zero-order chi connectivity index (χ0) is 13.5. The topological polar surface area (TPSA) is 34.1 Å². The monoisotopic (exact) mass is 256 g/mol. The van der Waals surface area contributed by atoms with E-state index in [4.69, 9.17) is 0 Å². The molecular formula is C13H11F3O2. The van der Waals surface area contributed by atoms with E-state index in [9.17, 15) is 22.8 Å². The standard InChI is InChI=1S/C13H11F3O2/c1-7-6-10(12(18)13(14,15)16)11(17)9-5-3-2-4-8(7)9/h2-5,7,10H,6H2,1H3. The second-order valence-corrected chi connectivity index (χ2v) is 4.50. The van der Waals surface area contributed by atoms with Crippen molar-refractivity contribution in [1.29, 1.82) is 0 Å². The summed E-state index contributed by atoms with van der Waals surface area (Å²) in [5.74, 6) is -4.47. The number of halogens is 3. The summed E-state index contributed by atoms with van der Waals surface area (Å²) in [6.07, 6.45) is -5.03. The Hall–Kier alpha value is -1.65. The SMILES string of the molecule is CC1CC(C(=O)C(F)(F)F)C(=O)c2ccccc21. The average Bonchev–Trinajstić information content (AvgIpc) is 2.32. The fourth-order valence-electron chi connectivity index (χ4n) is 2.35. The van der Waals surface area contributed by atoms with Gasteiger partial charge in [-0.3, -0.25) is 9.59 Å². The molecule has 0 heterocycles. The molecule has 2 atom stereocenters. The highest BCUT2D eigenvalue weighted by atomic mass is 19.4. The van der Waals surface area contributed by atoms with Gasteiger partial charge in [0.1, 0.15) is 0 Å². The number of rotatable bonds is 1. The molecule has 0 radical (unpaired) electrons. The van der Waals surface area contributed by atoms with E-state index in [2.05, 4.69) is 0 Å². The van der Waals surface area contributed by atoms with Gasteiger partial charge in [-0.2, -0.15) is 13.2 Å². The molecule has 96 valence electrons. The highest BCUT2D eigenvalue weighted by Gasteiger charge is 2.48. The van der Waals surface area contributed by atoms with Crippen LogP contribution in [0.5, 0.6) is 0 Å². The summed E-state index contributed by atoms with van der Waals surface area (Å²) < 4.78 is 37.2. The van der Waals surface area contributed by atoms with Crippen LogP contribution in [0, 0.1) is 5.92 Å². The predicted octanol–water partition coefficient (Wildman–Crippen LogP) is 3.12. The van der Waals surface area contributed by atoms with Crippen LogP contribution in [0.3, 0.4) is 0 Å². The summed E-state index contributed by atoms with van der Waals surface area (Å²) in [5.41, 5.74) is 0.951. The summed E-state index contributed by atoms with van der Waals surface area (Å²) in [7, 11) is 0. The number of fused-ring (bicyclic) bond motifs is 1. The van der Waals surface area contributed by atoms with Crippen molar-refractivity contribution in [2.75, 3.05) is 0 Å². The minimum absolute atomic E-state index is 0.0752. The van der Waals surface area contributed by atoms with Crippen molar-refractivity contribution in [2.24, 2.45) is 5.92 Å². The molecular weight excluding hydrogens is 245 g/mol. The fourth-order valence-corrected chi connectivity index (χ4v) is 2.35. The van der Waals surface area contributed by atoms with Gasteiger partial charge >= 0.3 is 6.18 Å². The third kappa shape index (κ3) is 2.05. The van der Waals surface area contributed by atoms with Crippen molar-refractivity contribution in [2.45, 2.75) is 25.4 Å². The molecule has 0 bridgehead atoms. The molecule has 0 aromatic heterocycles. The summed E-state index contributed by atoms with van der Waals surface area (Å²) >= 11 is 0. The van der Waals surface area contributed by atoms with Crippen molar-refractivity contribution in [3.63, 3.8) is 0 Å². The minimum atomic E-state index is -4.95. The van der Waals surface area contributed by atoms with Crippen molar-refractivity contribution in [3.8, 4) is 0 Å². The number of benzene rings is 1. The van der Waals surface area contributed by atoms with Crippen LogP contribution in [0.15, 0.2) is 24.3 Å². The largest absolute Gasteiger partial charge is 0.450 e. The van der Waals surface area contributed by atoms with E-state index in [1.165, 1.54) is 6.07 Å². The Balaban J connectivity index is 2.41. The van der Waals surface area contributed by atoms with Crippen LogP contribution in [0.25, 0.3) is 0 Å². The fraction of sp³-hybridized carbons (Fsp3) is 0.385. The molecule has 0 saturated heterocycles. The van der Waals surface area contributed by atoms with Gasteiger partial charge in [-0.05, 0) is 17.9 Å². The van der Waals surface area contributed by atoms with Crippen molar-refractivity contribution in [3.05, 3.63) is 35.4 Å². The molecule has 1 aliphatic rings. The smallest absolute Gasteiger partial charge is 0.293 e. The second-order valence-electron chi connectivity index (χ2n) is 4.50. The van der Waals surface area contributed by atoms with E-state index in [0.717, 1.165) is 0 Å². The lowest BCUT2D eigenvalue weighted by atomic mass is 9.75. The summed E-state index contributed by atoms with van der Waals surface area (Å²) in [6, 6.07) is 6.51. The van der Waals surface area contributed by atoms with Crippen LogP contribution in [0.1, 0.15) is 35.2 Å². The van der Waals surface area contributed by atoms with Gasteiger partial charge in [0.05, 0.1) is 5.92 Å². The number of carbonyl (C=O) groups is 2. The Morgan fingerprint density at radius 3 is 2.50 bits per heavy atom. The predicted molar refractivity (Wildman–Crippen MR) is 58.4 cm³/mol. The molecule has 1 aromatic rings. The van der Waals surface area contributed by atoms with E-state index in [1.807, 2.05) is 0 Å². The maximum absolute atomic E-state index is 12.4. The highest BCUT2D eigenvalue weighted by Crippen LogP contribution is 2.37. The molecule has 1 aromatic carbocycles. The first kappa shape index (κ1) is 12.8. The number of hydrogen-bond acceptors (Lipinski definition) is 2. The molecule has 1 aliphatic carbocycles. The first-order chi connectivity index (χ1) is 8.32. The molecule has 2 unspecified atom stereocenters. The Morgan fingerprint density at radius 2 is 1.89 bits per heavy atom. The normalized spacial score (nSPS) is 23.7. The van der Waals surface area contributed by atoms with Gasteiger partial charge in [0, 0.05) is 5.56 Å². The Labute approximate surface area is 102 Å². The van der Waals surface area contributed by atoms with Crippen LogP contribution in [0.4, 0.5) is 13.2 Å². The van der Waals surface area contributed by atoms with Gasteiger partial charge in [-0.1, -0.05) is 31.2 Å². The zero-order valence-electron chi connectivity index (χ0n) is 9.62. The maximum Gasteiger partial charge on any atom is 0.450 e. The zero-order valence-corrected chi connectivity index (χ0v) is 9.62. The Morgan fingerprint density at radius 1 is 1.28 bits per heavy atom. The van der Waals surface area contributed by atoms with E-state index in [1.54, 1.807) is 25.1 Å². The Bertz CT molecular complexity index is 505. The highest BCUT2D eigenvalue weighted by molar-refractivity contribution is 6.13. The quantitative estimate of drug-likeness (QED) is 0.723. The number of ketones is 2. The van der Waals surface area contributed by atoms with Crippen molar-refractivity contribution < 1.29 is 22.8 Å². The van der Waals surface area contributed by atoms with Crippen LogP contribution in [0.2, 0.25) is 0 Å².